The number of fused-ring (bicyclic) bond motifs is 1. The first-order valence-electron chi connectivity index (χ1n) is 12.2. The van der Waals surface area contributed by atoms with Crippen LogP contribution in [0.1, 0.15) is 60.5 Å². The third-order valence-corrected chi connectivity index (χ3v) is 7.08. The number of nitrogens with one attached hydrogen (secondary N) is 1. The molecule has 3 aliphatic rings. The van der Waals surface area contributed by atoms with Crippen LogP contribution in [0.25, 0.3) is 0 Å². The Morgan fingerprint density at radius 2 is 2.06 bits per heavy atom. The SMILES string of the molecule is CCn1cc(CN2CCCCC2COc2ccc3c(c2)CN(C2CCC(=O)NC2=O)C3=O)cn1. The van der Waals surface area contributed by atoms with Crippen molar-refractivity contribution >= 4 is 17.7 Å². The van der Waals surface area contributed by atoms with Crippen LogP contribution in [-0.4, -0.2) is 62.5 Å². The molecule has 0 saturated carbocycles. The number of ether oxygens (including phenoxy) is 1. The summed E-state index contributed by atoms with van der Waals surface area (Å²) >= 11 is 0. The van der Waals surface area contributed by atoms with E-state index in [2.05, 4.69) is 28.4 Å². The highest BCUT2D eigenvalue weighted by Gasteiger charge is 2.39. The molecule has 0 bridgehead atoms. The number of rotatable bonds is 7. The van der Waals surface area contributed by atoms with Crippen molar-refractivity contribution in [3.63, 3.8) is 0 Å². The number of carbonyl (C=O) groups excluding carboxylic acids is 3. The molecule has 2 atom stereocenters. The lowest BCUT2D eigenvalue weighted by Crippen LogP contribution is -2.52. The van der Waals surface area contributed by atoms with Gasteiger partial charge in [0, 0.05) is 49.4 Å². The van der Waals surface area contributed by atoms with Crippen LogP contribution in [-0.2, 0) is 29.2 Å². The zero-order valence-corrected chi connectivity index (χ0v) is 19.5. The van der Waals surface area contributed by atoms with E-state index in [0.29, 0.717) is 31.2 Å². The predicted octanol–water partition coefficient (Wildman–Crippen LogP) is 2.10. The minimum Gasteiger partial charge on any atom is -0.492 e. The Morgan fingerprint density at radius 1 is 1.18 bits per heavy atom. The van der Waals surface area contributed by atoms with Crippen LogP contribution in [0.4, 0.5) is 0 Å². The summed E-state index contributed by atoms with van der Waals surface area (Å²) in [6.45, 7) is 5.82. The fourth-order valence-electron chi connectivity index (χ4n) is 5.19. The molecule has 2 fully saturated rings. The Kier molecular flexibility index (Phi) is 6.36. The molecule has 2 aromatic rings. The molecule has 0 aliphatic carbocycles. The molecule has 3 amide bonds. The number of amides is 3. The van der Waals surface area contributed by atoms with Crippen LogP contribution in [0, 0.1) is 0 Å². The molecule has 1 aromatic carbocycles. The summed E-state index contributed by atoms with van der Waals surface area (Å²) in [7, 11) is 0. The van der Waals surface area contributed by atoms with E-state index < -0.39 is 11.9 Å². The van der Waals surface area contributed by atoms with Crippen molar-refractivity contribution in [3.05, 3.63) is 47.3 Å². The maximum atomic E-state index is 12.9. The van der Waals surface area contributed by atoms with E-state index in [1.807, 2.05) is 23.0 Å². The second-order valence-corrected chi connectivity index (χ2v) is 9.35. The smallest absolute Gasteiger partial charge is 0.255 e. The Bertz CT molecular complexity index is 1100. The molecule has 1 aromatic heterocycles. The van der Waals surface area contributed by atoms with Gasteiger partial charge in [0.1, 0.15) is 18.4 Å². The van der Waals surface area contributed by atoms with Crippen molar-refractivity contribution in [1.29, 1.82) is 0 Å². The summed E-state index contributed by atoms with van der Waals surface area (Å²) < 4.78 is 8.15. The molecule has 3 aliphatic heterocycles. The number of carbonyl (C=O) groups is 3. The van der Waals surface area contributed by atoms with Gasteiger partial charge in [-0.05, 0) is 56.5 Å². The zero-order valence-electron chi connectivity index (χ0n) is 19.5. The van der Waals surface area contributed by atoms with Crippen LogP contribution >= 0.6 is 0 Å². The fraction of sp³-hybridized carbons (Fsp3) is 0.520. The zero-order chi connectivity index (χ0) is 23.7. The molecular formula is C25H31N5O4. The summed E-state index contributed by atoms with van der Waals surface area (Å²) in [5.74, 6) is -0.101. The van der Waals surface area contributed by atoms with Crippen molar-refractivity contribution in [2.45, 2.75) is 70.7 Å². The number of hydrogen-bond donors (Lipinski definition) is 1. The minimum atomic E-state index is -0.602. The number of aromatic nitrogens is 2. The van der Waals surface area contributed by atoms with Gasteiger partial charge in [0.05, 0.1) is 6.20 Å². The van der Waals surface area contributed by atoms with E-state index in [1.54, 1.807) is 11.0 Å². The number of piperidine rings is 2. The predicted molar refractivity (Wildman–Crippen MR) is 124 cm³/mol. The molecule has 1 N–H and O–H groups in total. The Balaban J connectivity index is 1.22. The van der Waals surface area contributed by atoms with Gasteiger partial charge in [-0.15, -0.1) is 0 Å². The Morgan fingerprint density at radius 3 is 2.85 bits per heavy atom. The lowest BCUT2D eigenvalue weighted by molar-refractivity contribution is -0.136. The highest BCUT2D eigenvalue weighted by Crippen LogP contribution is 2.30. The second kappa shape index (κ2) is 9.58. The quantitative estimate of drug-likeness (QED) is 0.629. The van der Waals surface area contributed by atoms with Gasteiger partial charge >= 0.3 is 0 Å². The molecule has 9 nitrogen and oxygen atoms in total. The highest BCUT2D eigenvalue weighted by atomic mass is 16.5. The fourth-order valence-corrected chi connectivity index (χ4v) is 5.19. The standard InChI is InChI=1S/C25H31N5O4/c1-2-29-14-17(12-26-29)13-28-10-4-3-5-19(28)16-34-20-6-7-21-18(11-20)15-30(25(21)33)22-8-9-23(31)27-24(22)32/h6-7,11-12,14,19,22H,2-5,8-10,13,15-16H2,1H3,(H,27,31,32). The molecule has 0 radical (unpaired) electrons. The topological polar surface area (TPSA) is 96.8 Å². The van der Waals surface area contributed by atoms with Gasteiger partial charge < -0.3 is 9.64 Å². The second-order valence-electron chi connectivity index (χ2n) is 9.35. The number of nitrogens with zero attached hydrogens (tertiary/aromatic N) is 4. The van der Waals surface area contributed by atoms with Gasteiger partial charge in [0.25, 0.3) is 5.91 Å². The van der Waals surface area contributed by atoms with E-state index in [0.717, 1.165) is 37.4 Å². The highest BCUT2D eigenvalue weighted by molar-refractivity contribution is 6.05. The van der Waals surface area contributed by atoms with E-state index in [1.165, 1.54) is 18.4 Å². The maximum Gasteiger partial charge on any atom is 0.255 e. The van der Waals surface area contributed by atoms with Crippen molar-refractivity contribution in [1.82, 2.24) is 24.9 Å². The van der Waals surface area contributed by atoms with Crippen LogP contribution in [0.2, 0.25) is 0 Å². The third kappa shape index (κ3) is 4.57. The van der Waals surface area contributed by atoms with E-state index in [4.69, 9.17) is 4.74 Å². The average molecular weight is 466 g/mol. The van der Waals surface area contributed by atoms with Crippen LogP contribution in [0.15, 0.2) is 30.6 Å². The van der Waals surface area contributed by atoms with Crippen molar-refractivity contribution < 1.29 is 19.1 Å². The molecule has 9 heteroatoms. The number of likely N-dealkylation sites (tertiary alicyclic amines) is 1. The summed E-state index contributed by atoms with van der Waals surface area (Å²) in [6.07, 6.45) is 8.15. The lowest BCUT2D eigenvalue weighted by Gasteiger charge is -2.35. The number of imide groups is 1. The average Bonchev–Trinajstić information content (AvgIpc) is 3.42. The summed E-state index contributed by atoms with van der Waals surface area (Å²) in [6, 6.07) is 5.26. The Hall–Kier alpha value is -3.20. The summed E-state index contributed by atoms with van der Waals surface area (Å²) in [5, 5.41) is 6.73. The first-order chi connectivity index (χ1) is 16.5. The largest absolute Gasteiger partial charge is 0.492 e. The van der Waals surface area contributed by atoms with Crippen LogP contribution < -0.4 is 10.1 Å². The molecule has 0 spiro atoms. The van der Waals surface area contributed by atoms with Crippen LogP contribution in [0.3, 0.4) is 0 Å². The van der Waals surface area contributed by atoms with Gasteiger partial charge in [0.2, 0.25) is 11.8 Å². The summed E-state index contributed by atoms with van der Waals surface area (Å²) in [5.41, 5.74) is 2.68. The lowest BCUT2D eigenvalue weighted by atomic mass is 10.0. The van der Waals surface area contributed by atoms with Gasteiger partial charge in [-0.3, -0.25) is 29.3 Å². The summed E-state index contributed by atoms with van der Waals surface area (Å²) in [4.78, 5) is 40.6. The third-order valence-electron chi connectivity index (χ3n) is 7.08. The van der Waals surface area contributed by atoms with Gasteiger partial charge in [-0.1, -0.05) is 6.42 Å². The van der Waals surface area contributed by atoms with Gasteiger partial charge in [-0.2, -0.15) is 5.10 Å². The van der Waals surface area contributed by atoms with Crippen molar-refractivity contribution in [2.75, 3.05) is 13.2 Å². The van der Waals surface area contributed by atoms with E-state index >= 15 is 0 Å². The normalized spacial score (nSPS) is 23.2. The molecule has 180 valence electrons. The minimum absolute atomic E-state index is 0.165. The first-order valence-corrected chi connectivity index (χ1v) is 12.2. The van der Waals surface area contributed by atoms with Crippen molar-refractivity contribution in [2.24, 2.45) is 0 Å². The van der Waals surface area contributed by atoms with Crippen molar-refractivity contribution in [3.8, 4) is 5.75 Å². The molecule has 2 unspecified atom stereocenters. The van der Waals surface area contributed by atoms with E-state index in [9.17, 15) is 14.4 Å². The molecule has 2 saturated heterocycles. The number of aryl methyl sites for hydroxylation is 1. The Labute approximate surface area is 199 Å². The van der Waals surface area contributed by atoms with Gasteiger partial charge in [0.15, 0.2) is 0 Å². The maximum absolute atomic E-state index is 12.9. The van der Waals surface area contributed by atoms with Gasteiger partial charge in [-0.25, -0.2) is 0 Å². The number of benzene rings is 1. The number of hydrogen-bond acceptors (Lipinski definition) is 6. The molecule has 4 heterocycles. The van der Waals surface area contributed by atoms with Crippen LogP contribution in [0.5, 0.6) is 5.75 Å². The monoisotopic (exact) mass is 465 g/mol. The first kappa shape index (κ1) is 22.6. The molecule has 34 heavy (non-hydrogen) atoms. The molecular weight excluding hydrogens is 434 g/mol. The molecule has 5 rings (SSSR count). The van der Waals surface area contributed by atoms with E-state index in [-0.39, 0.29) is 18.2 Å².